The van der Waals surface area contributed by atoms with Crippen molar-refractivity contribution in [1.82, 2.24) is 14.7 Å². The maximum atomic E-state index is 12.8. The molecule has 0 unspecified atom stereocenters. The molecule has 0 spiro atoms. The Bertz CT molecular complexity index is 645. The third-order valence-electron chi connectivity index (χ3n) is 5.59. The number of hydrogen-bond acceptors (Lipinski definition) is 4. The Kier molecular flexibility index (Phi) is 6.72. The van der Waals surface area contributed by atoms with Crippen molar-refractivity contribution < 1.29 is 9.59 Å². The maximum Gasteiger partial charge on any atom is 0.254 e. The number of rotatable bonds is 4. The van der Waals surface area contributed by atoms with Crippen molar-refractivity contribution in [3.05, 3.63) is 29.8 Å². The first-order valence-electron chi connectivity index (χ1n) is 10.1. The van der Waals surface area contributed by atoms with Gasteiger partial charge in [-0.05, 0) is 31.0 Å². The lowest BCUT2D eigenvalue weighted by molar-refractivity contribution is -0.132. The van der Waals surface area contributed by atoms with Gasteiger partial charge in [0.25, 0.3) is 5.91 Å². The molecule has 2 aliphatic rings. The molecule has 27 heavy (non-hydrogen) atoms. The molecule has 0 aromatic heterocycles. The number of likely N-dealkylation sites (tertiary alicyclic amines) is 1. The summed E-state index contributed by atoms with van der Waals surface area (Å²) in [4.78, 5) is 33.5. The van der Waals surface area contributed by atoms with Crippen LogP contribution in [0.5, 0.6) is 0 Å². The van der Waals surface area contributed by atoms with Crippen LogP contribution in [0.3, 0.4) is 0 Å². The summed E-state index contributed by atoms with van der Waals surface area (Å²) in [6, 6.07) is 7.75. The van der Waals surface area contributed by atoms with E-state index in [1.165, 1.54) is 12.8 Å². The number of piperazine rings is 1. The summed E-state index contributed by atoms with van der Waals surface area (Å²) in [7, 11) is 3.95. The van der Waals surface area contributed by atoms with Crippen LogP contribution in [0.2, 0.25) is 0 Å². The SMILES string of the molecule is CN(C)c1cccc(C(=O)N2CCN(CC(=O)N3CCCCCC3)CC2)c1. The van der Waals surface area contributed by atoms with Gasteiger partial charge in [-0.2, -0.15) is 0 Å². The molecule has 3 rings (SSSR count). The van der Waals surface area contributed by atoms with E-state index in [-0.39, 0.29) is 11.8 Å². The van der Waals surface area contributed by atoms with Crippen LogP contribution < -0.4 is 4.90 Å². The molecular formula is C21H32N4O2. The lowest BCUT2D eigenvalue weighted by Crippen LogP contribution is -2.51. The summed E-state index contributed by atoms with van der Waals surface area (Å²) < 4.78 is 0. The van der Waals surface area contributed by atoms with Gasteiger partial charge in [0.15, 0.2) is 0 Å². The van der Waals surface area contributed by atoms with Crippen LogP contribution in [0, 0.1) is 0 Å². The van der Waals surface area contributed by atoms with Gasteiger partial charge in [-0.25, -0.2) is 0 Å². The highest BCUT2D eigenvalue weighted by molar-refractivity contribution is 5.95. The molecule has 2 amide bonds. The van der Waals surface area contributed by atoms with Crippen molar-refractivity contribution >= 4 is 17.5 Å². The second kappa shape index (κ2) is 9.22. The van der Waals surface area contributed by atoms with E-state index < -0.39 is 0 Å². The second-order valence-corrected chi connectivity index (χ2v) is 7.81. The number of hydrogen-bond donors (Lipinski definition) is 0. The quantitative estimate of drug-likeness (QED) is 0.810. The van der Waals surface area contributed by atoms with Crippen LogP contribution in [-0.2, 0) is 4.79 Å². The molecule has 0 atom stereocenters. The van der Waals surface area contributed by atoms with Crippen molar-refractivity contribution in [3.63, 3.8) is 0 Å². The first-order valence-corrected chi connectivity index (χ1v) is 10.1. The number of anilines is 1. The van der Waals surface area contributed by atoms with Crippen molar-refractivity contribution in [2.75, 3.05) is 64.8 Å². The smallest absolute Gasteiger partial charge is 0.254 e. The van der Waals surface area contributed by atoms with Gasteiger partial charge in [-0.3, -0.25) is 14.5 Å². The van der Waals surface area contributed by atoms with Crippen molar-refractivity contribution in [2.24, 2.45) is 0 Å². The van der Waals surface area contributed by atoms with E-state index in [0.717, 1.165) is 50.3 Å². The summed E-state index contributed by atoms with van der Waals surface area (Å²) in [5.74, 6) is 0.326. The number of carbonyl (C=O) groups excluding carboxylic acids is 2. The van der Waals surface area contributed by atoms with Gasteiger partial charge in [0.1, 0.15) is 0 Å². The molecule has 0 N–H and O–H groups in total. The largest absolute Gasteiger partial charge is 0.378 e. The summed E-state index contributed by atoms with van der Waals surface area (Å²) in [5.41, 5.74) is 1.76. The Morgan fingerprint density at radius 2 is 1.56 bits per heavy atom. The Hall–Kier alpha value is -2.08. The molecule has 0 aliphatic carbocycles. The predicted molar refractivity (Wildman–Crippen MR) is 108 cm³/mol. The molecule has 1 aromatic carbocycles. The van der Waals surface area contributed by atoms with E-state index in [4.69, 9.17) is 0 Å². The zero-order valence-corrected chi connectivity index (χ0v) is 16.7. The van der Waals surface area contributed by atoms with E-state index in [9.17, 15) is 9.59 Å². The highest BCUT2D eigenvalue weighted by Gasteiger charge is 2.25. The normalized spacial score (nSPS) is 18.9. The first kappa shape index (κ1) is 19.7. The van der Waals surface area contributed by atoms with Crippen molar-refractivity contribution in [1.29, 1.82) is 0 Å². The summed E-state index contributed by atoms with van der Waals surface area (Å²) in [6.07, 6.45) is 4.72. The third kappa shape index (κ3) is 5.22. The molecule has 148 valence electrons. The highest BCUT2D eigenvalue weighted by Crippen LogP contribution is 2.16. The van der Waals surface area contributed by atoms with Crippen LogP contribution in [0.1, 0.15) is 36.0 Å². The average molecular weight is 373 g/mol. The standard InChI is InChI=1S/C21H32N4O2/c1-22(2)19-9-7-8-18(16-19)21(27)25-14-12-23(13-15-25)17-20(26)24-10-5-3-4-6-11-24/h7-9,16H,3-6,10-15,17H2,1-2H3. The molecule has 6 nitrogen and oxygen atoms in total. The zero-order valence-electron chi connectivity index (χ0n) is 16.7. The fourth-order valence-corrected chi connectivity index (χ4v) is 3.82. The Morgan fingerprint density at radius 3 is 2.19 bits per heavy atom. The van der Waals surface area contributed by atoms with Crippen LogP contribution in [0.4, 0.5) is 5.69 Å². The van der Waals surface area contributed by atoms with Crippen molar-refractivity contribution in [2.45, 2.75) is 25.7 Å². The summed E-state index contributed by atoms with van der Waals surface area (Å²) in [6.45, 7) is 5.17. The predicted octanol–water partition coefficient (Wildman–Crippen LogP) is 1.91. The Morgan fingerprint density at radius 1 is 0.889 bits per heavy atom. The zero-order chi connectivity index (χ0) is 19.2. The maximum absolute atomic E-state index is 12.8. The molecule has 2 aliphatic heterocycles. The van der Waals surface area contributed by atoms with E-state index >= 15 is 0 Å². The Balaban J connectivity index is 1.50. The number of nitrogens with zero attached hydrogens (tertiary/aromatic N) is 4. The van der Waals surface area contributed by atoms with Crippen molar-refractivity contribution in [3.8, 4) is 0 Å². The highest BCUT2D eigenvalue weighted by atomic mass is 16.2. The minimum atomic E-state index is 0.0807. The molecule has 0 saturated carbocycles. The van der Waals surface area contributed by atoms with Gasteiger partial charge in [0, 0.05) is 64.6 Å². The van der Waals surface area contributed by atoms with Gasteiger partial charge in [-0.1, -0.05) is 18.9 Å². The first-order chi connectivity index (χ1) is 13.0. The molecule has 0 radical (unpaired) electrons. The number of amides is 2. The van der Waals surface area contributed by atoms with E-state index in [1.807, 2.05) is 53.1 Å². The van der Waals surface area contributed by atoms with E-state index in [2.05, 4.69) is 4.90 Å². The fraction of sp³-hybridized carbons (Fsp3) is 0.619. The monoisotopic (exact) mass is 372 g/mol. The van der Waals surface area contributed by atoms with Crippen LogP contribution in [0.15, 0.2) is 24.3 Å². The summed E-state index contributed by atoms with van der Waals surface area (Å²) >= 11 is 0. The van der Waals surface area contributed by atoms with Crippen LogP contribution in [-0.4, -0.2) is 86.4 Å². The number of carbonyl (C=O) groups is 2. The molecular weight excluding hydrogens is 340 g/mol. The molecule has 1 aromatic rings. The topological polar surface area (TPSA) is 47.1 Å². The minimum Gasteiger partial charge on any atom is -0.378 e. The molecule has 2 fully saturated rings. The lowest BCUT2D eigenvalue weighted by atomic mass is 10.1. The summed E-state index contributed by atoms with van der Waals surface area (Å²) in [5, 5.41) is 0. The van der Waals surface area contributed by atoms with Gasteiger partial charge in [-0.15, -0.1) is 0 Å². The van der Waals surface area contributed by atoms with Gasteiger partial charge >= 0.3 is 0 Å². The van der Waals surface area contributed by atoms with Gasteiger partial charge < -0.3 is 14.7 Å². The number of benzene rings is 1. The fourth-order valence-electron chi connectivity index (χ4n) is 3.82. The Labute approximate surface area is 162 Å². The van der Waals surface area contributed by atoms with E-state index in [0.29, 0.717) is 19.6 Å². The molecule has 0 bridgehead atoms. The molecule has 2 saturated heterocycles. The van der Waals surface area contributed by atoms with Gasteiger partial charge in [0.05, 0.1) is 6.54 Å². The van der Waals surface area contributed by atoms with E-state index in [1.54, 1.807) is 0 Å². The van der Waals surface area contributed by atoms with Crippen LogP contribution in [0.25, 0.3) is 0 Å². The minimum absolute atomic E-state index is 0.0807. The molecule has 2 heterocycles. The van der Waals surface area contributed by atoms with Crippen LogP contribution >= 0.6 is 0 Å². The molecule has 6 heteroatoms. The lowest BCUT2D eigenvalue weighted by Gasteiger charge is -2.35. The second-order valence-electron chi connectivity index (χ2n) is 7.81. The third-order valence-corrected chi connectivity index (χ3v) is 5.59. The average Bonchev–Trinajstić information content (AvgIpc) is 2.98. The van der Waals surface area contributed by atoms with Gasteiger partial charge in [0.2, 0.25) is 5.91 Å².